The van der Waals surface area contributed by atoms with E-state index < -0.39 is 15.9 Å². The molecule has 0 unspecified atom stereocenters. The van der Waals surface area contributed by atoms with Gasteiger partial charge < -0.3 is 9.80 Å². The number of nitrogens with one attached hydrogen (secondary N) is 1. The molecule has 7 rings (SSSR count). The van der Waals surface area contributed by atoms with Crippen LogP contribution in [0.1, 0.15) is 34.8 Å². The van der Waals surface area contributed by atoms with Crippen molar-refractivity contribution < 1.29 is 13.2 Å². The van der Waals surface area contributed by atoms with E-state index in [9.17, 15) is 13.2 Å². The van der Waals surface area contributed by atoms with Crippen molar-refractivity contribution in [2.45, 2.75) is 35.2 Å². The summed E-state index contributed by atoms with van der Waals surface area (Å²) in [7, 11) is -0.0805. The van der Waals surface area contributed by atoms with Gasteiger partial charge in [0.05, 0.1) is 16.5 Å². The van der Waals surface area contributed by atoms with Crippen molar-refractivity contribution in [1.82, 2.24) is 29.5 Å². The first-order chi connectivity index (χ1) is 27.1. The fourth-order valence-corrected chi connectivity index (χ4v) is 9.12. The summed E-state index contributed by atoms with van der Waals surface area (Å²) in [6, 6.07) is 38.7. The van der Waals surface area contributed by atoms with Gasteiger partial charge in [-0.05, 0) is 117 Å². The number of benzene rings is 5. The monoisotopic (exact) mass is 807 g/mol. The summed E-state index contributed by atoms with van der Waals surface area (Å²) in [6.07, 6.45) is 1.74. The molecule has 13 heteroatoms. The summed E-state index contributed by atoms with van der Waals surface area (Å²) in [5.41, 5.74) is 6.09. The van der Waals surface area contributed by atoms with Gasteiger partial charge in [-0.15, -0.1) is 16.9 Å². The fraction of sp³-hybridized carbons (Fsp3) is 0.279. The molecule has 1 fully saturated rings. The minimum absolute atomic E-state index is 0.0415. The molecule has 1 amide bonds. The number of carbonyl (C=O) groups excluding carboxylic acids is 1. The molecule has 1 atom stereocenters. The quantitative estimate of drug-likeness (QED) is 0.104. The van der Waals surface area contributed by atoms with E-state index in [2.05, 4.69) is 78.3 Å². The van der Waals surface area contributed by atoms with Crippen LogP contribution in [-0.2, 0) is 16.6 Å². The van der Waals surface area contributed by atoms with Gasteiger partial charge in [-0.1, -0.05) is 71.4 Å². The van der Waals surface area contributed by atoms with Gasteiger partial charge >= 0.3 is 0 Å². The molecule has 2 heterocycles. The zero-order valence-corrected chi connectivity index (χ0v) is 34.0. The van der Waals surface area contributed by atoms with E-state index in [-0.39, 0.29) is 16.5 Å². The van der Waals surface area contributed by atoms with Crippen LogP contribution in [0.4, 0.5) is 5.69 Å². The molecule has 10 nitrogen and oxygen atoms in total. The minimum atomic E-state index is -4.17. The van der Waals surface area contributed by atoms with E-state index in [1.54, 1.807) is 30.0 Å². The van der Waals surface area contributed by atoms with Crippen LogP contribution < -0.4 is 9.62 Å². The molecule has 0 bridgehead atoms. The Morgan fingerprint density at radius 2 is 1.57 bits per heavy atom. The van der Waals surface area contributed by atoms with Gasteiger partial charge in [0.1, 0.15) is 5.52 Å². The van der Waals surface area contributed by atoms with Gasteiger partial charge in [0.2, 0.25) is 0 Å². The van der Waals surface area contributed by atoms with Crippen molar-refractivity contribution >= 4 is 56.0 Å². The van der Waals surface area contributed by atoms with Crippen molar-refractivity contribution in [2.24, 2.45) is 0 Å². The Kier molecular flexibility index (Phi) is 12.7. The summed E-state index contributed by atoms with van der Waals surface area (Å²) >= 11 is 7.93. The average molecular weight is 808 g/mol. The molecule has 1 saturated heterocycles. The average Bonchev–Trinajstić information content (AvgIpc) is 3.64. The van der Waals surface area contributed by atoms with Gasteiger partial charge in [-0.2, -0.15) is 0 Å². The van der Waals surface area contributed by atoms with Gasteiger partial charge in [0, 0.05) is 59.6 Å². The summed E-state index contributed by atoms with van der Waals surface area (Å²) < 4.78 is 31.0. The van der Waals surface area contributed by atoms with E-state index in [0.717, 1.165) is 79.7 Å². The van der Waals surface area contributed by atoms with Crippen LogP contribution in [0.5, 0.6) is 0 Å². The Morgan fingerprint density at radius 1 is 0.857 bits per heavy atom. The van der Waals surface area contributed by atoms with Crippen molar-refractivity contribution in [3.8, 4) is 11.1 Å². The smallest absolute Gasteiger partial charge is 0.264 e. The van der Waals surface area contributed by atoms with Gasteiger partial charge in [-0.25, -0.2) is 17.8 Å². The van der Waals surface area contributed by atoms with Crippen LogP contribution in [-0.4, -0.2) is 91.7 Å². The van der Waals surface area contributed by atoms with Crippen molar-refractivity contribution in [3.05, 3.63) is 137 Å². The maximum absolute atomic E-state index is 13.4. The van der Waals surface area contributed by atoms with E-state index in [1.807, 2.05) is 61.2 Å². The summed E-state index contributed by atoms with van der Waals surface area (Å²) in [5.74, 6) is 0.214. The second-order valence-electron chi connectivity index (χ2n) is 14.3. The third kappa shape index (κ3) is 9.80. The Bertz CT molecular complexity index is 2350. The summed E-state index contributed by atoms with van der Waals surface area (Å²) in [5, 5.41) is 9.53. The van der Waals surface area contributed by atoms with E-state index in [4.69, 9.17) is 11.6 Å². The molecule has 0 saturated carbocycles. The highest BCUT2D eigenvalue weighted by molar-refractivity contribution is 7.99. The lowest BCUT2D eigenvalue weighted by molar-refractivity contribution is 0.0981. The Hall–Kier alpha value is -4.72. The number of thioether (sulfide) groups is 1. The first-order valence-electron chi connectivity index (χ1n) is 18.8. The molecule has 56 heavy (non-hydrogen) atoms. The molecule has 0 radical (unpaired) electrons. The number of anilines is 1. The fourth-order valence-electron chi connectivity index (χ4n) is 7.02. The molecular formula is C43H46ClN7O3S2. The zero-order chi connectivity index (χ0) is 39.1. The Morgan fingerprint density at radius 3 is 2.30 bits per heavy atom. The Labute approximate surface area is 338 Å². The van der Waals surface area contributed by atoms with Crippen LogP contribution in [0, 0.1) is 0 Å². The lowest BCUT2D eigenvalue weighted by atomic mass is 9.99. The van der Waals surface area contributed by atoms with Crippen LogP contribution in [0.15, 0.2) is 131 Å². The van der Waals surface area contributed by atoms with Gasteiger partial charge in [0.15, 0.2) is 0 Å². The molecule has 1 aliphatic rings. The molecule has 0 spiro atoms. The minimum Gasteiger partial charge on any atom is -0.369 e. The number of sulfonamides is 1. The lowest BCUT2D eigenvalue weighted by Gasteiger charge is -2.36. The van der Waals surface area contributed by atoms with E-state index in [0.29, 0.717) is 5.52 Å². The van der Waals surface area contributed by atoms with Crippen LogP contribution in [0.25, 0.3) is 22.2 Å². The molecule has 1 aliphatic heterocycles. The third-order valence-electron chi connectivity index (χ3n) is 10.1. The molecule has 1 aromatic heterocycles. The number of hydrogen-bond donors (Lipinski definition) is 1. The number of rotatable bonds is 15. The molecule has 1 N–H and O–H groups in total. The molecule has 6 aromatic rings. The lowest BCUT2D eigenvalue weighted by Crippen LogP contribution is -2.46. The number of nitrogens with zero attached hydrogens (tertiary/aromatic N) is 6. The number of carbonyl (C=O) groups is 1. The predicted molar refractivity (Wildman–Crippen MR) is 227 cm³/mol. The number of halogens is 1. The largest absolute Gasteiger partial charge is 0.369 e. The van der Waals surface area contributed by atoms with Crippen LogP contribution in [0.3, 0.4) is 0 Å². The normalized spacial score (nSPS) is 14.3. The van der Waals surface area contributed by atoms with Gasteiger partial charge in [0.25, 0.3) is 15.9 Å². The van der Waals surface area contributed by atoms with Crippen LogP contribution >= 0.6 is 23.4 Å². The number of aromatic nitrogens is 3. The first kappa shape index (κ1) is 39.5. The number of hydrogen-bond acceptors (Lipinski definition) is 9. The topological polar surface area (TPSA) is 104 Å². The highest BCUT2D eigenvalue weighted by atomic mass is 35.5. The summed E-state index contributed by atoms with van der Waals surface area (Å²) in [4.78, 5) is 21.3. The van der Waals surface area contributed by atoms with Crippen LogP contribution in [0.2, 0.25) is 5.02 Å². The second kappa shape index (κ2) is 18.0. The second-order valence-corrected chi connectivity index (χ2v) is 17.6. The number of fused-ring (bicyclic) bond motifs is 1. The standard InChI is InChI=1S/C43H46ClN7O3S2/c1-48(2)24-22-37(23-29-55-38-9-4-3-5-10-38)51-42-21-20-39(30-41(42)45-47-51)56(53,54)46-43(52)33-14-18-36(19-15-33)50-27-25-49(26-28-50)31-34-8-6-7-11-40(34)32-12-16-35(44)17-13-32/h3-21,30,37H,22-29,31H2,1-2H3,(H,46,52)/t37-/m1/s1. The third-order valence-corrected chi connectivity index (χ3v) is 12.8. The predicted octanol–water partition coefficient (Wildman–Crippen LogP) is 7.87. The van der Waals surface area contributed by atoms with E-state index in [1.165, 1.54) is 28.2 Å². The SMILES string of the molecule is CN(C)CC[C@H](CCSc1ccccc1)n1nnc2cc(S(=O)(=O)NC(=O)c3ccc(N4CCN(Cc5ccccc5-c5ccc(Cl)cc5)CC4)cc3)ccc21. The molecule has 0 aliphatic carbocycles. The summed E-state index contributed by atoms with van der Waals surface area (Å²) in [6.45, 7) is 5.16. The maximum atomic E-state index is 13.4. The van der Waals surface area contributed by atoms with Crippen molar-refractivity contribution in [3.63, 3.8) is 0 Å². The first-order valence-corrected chi connectivity index (χ1v) is 21.6. The Balaban J connectivity index is 0.952. The van der Waals surface area contributed by atoms with Crippen molar-refractivity contribution in [2.75, 3.05) is 57.5 Å². The molecule has 5 aromatic carbocycles. The highest BCUT2D eigenvalue weighted by Crippen LogP contribution is 2.29. The van der Waals surface area contributed by atoms with E-state index >= 15 is 0 Å². The molecular weight excluding hydrogens is 762 g/mol. The maximum Gasteiger partial charge on any atom is 0.264 e. The van der Waals surface area contributed by atoms with Gasteiger partial charge in [-0.3, -0.25) is 9.69 Å². The number of piperazine rings is 1. The number of amides is 1. The zero-order valence-electron chi connectivity index (χ0n) is 31.6. The highest BCUT2D eigenvalue weighted by Gasteiger charge is 2.23. The molecule has 290 valence electrons. The van der Waals surface area contributed by atoms with Crippen molar-refractivity contribution in [1.29, 1.82) is 0 Å².